The Morgan fingerprint density at radius 3 is 2.17 bits per heavy atom. The van der Waals surface area contributed by atoms with Crippen molar-refractivity contribution in [1.29, 1.82) is 0 Å². The summed E-state index contributed by atoms with van der Waals surface area (Å²) in [7, 11) is 0. The topological polar surface area (TPSA) is 87.3 Å². The lowest BCUT2D eigenvalue weighted by atomic mass is 9.87. The van der Waals surface area contributed by atoms with Crippen molar-refractivity contribution >= 4 is 40.7 Å². The average Bonchev–Trinajstić information content (AvgIpc) is 2.63. The van der Waals surface area contributed by atoms with E-state index in [0.29, 0.717) is 22.0 Å². The molecule has 0 fully saturated rings. The molecular formula is C22H26ClN3O3. The lowest BCUT2D eigenvalue weighted by Crippen LogP contribution is -2.27. The summed E-state index contributed by atoms with van der Waals surface area (Å²) in [5, 5.41) is 8.38. The quantitative estimate of drug-likeness (QED) is 0.655. The van der Waals surface area contributed by atoms with Crippen molar-refractivity contribution in [3.63, 3.8) is 0 Å². The van der Waals surface area contributed by atoms with E-state index in [9.17, 15) is 14.4 Å². The zero-order valence-electron chi connectivity index (χ0n) is 17.1. The number of amides is 3. The summed E-state index contributed by atoms with van der Waals surface area (Å²) in [5.74, 6) is -0.704. The van der Waals surface area contributed by atoms with Crippen molar-refractivity contribution in [1.82, 2.24) is 5.32 Å². The fourth-order valence-corrected chi connectivity index (χ4v) is 2.85. The van der Waals surface area contributed by atoms with E-state index >= 15 is 0 Å². The van der Waals surface area contributed by atoms with Crippen LogP contribution in [0.2, 0.25) is 5.02 Å². The number of hydrogen-bond donors (Lipinski definition) is 3. The molecule has 0 radical (unpaired) electrons. The Morgan fingerprint density at radius 1 is 0.966 bits per heavy atom. The van der Waals surface area contributed by atoms with E-state index in [-0.39, 0.29) is 36.1 Å². The first-order chi connectivity index (χ1) is 13.6. The SMILES string of the molecule is CC(=O)Nc1ccc(NC(=O)CCNC(=O)c2ccc(C(C)(C)C)cc2)cc1Cl. The molecule has 3 N–H and O–H groups in total. The molecule has 0 saturated carbocycles. The van der Waals surface area contributed by atoms with Crippen LogP contribution >= 0.6 is 11.6 Å². The van der Waals surface area contributed by atoms with Crippen LogP contribution in [0.15, 0.2) is 42.5 Å². The Labute approximate surface area is 176 Å². The summed E-state index contributed by atoms with van der Waals surface area (Å²) in [6, 6.07) is 12.3. The molecule has 0 aliphatic rings. The molecule has 0 saturated heterocycles. The van der Waals surface area contributed by atoms with Gasteiger partial charge in [-0.1, -0.05) is 44.5 Å². The van der Waals surface area contributed by atoms with Crippen molar-refractivity contribution in [2.24, 2.45) is 0 Å². The molecule has 3 amide bonds. The van der Waals surface area contributed by atoms with Gasteiger partial charge in [0.2, 0.25) is 11.8 Å². The second-order valence-corrected chi connectivity index (χ2v) is 8.16. The summed E-state index contributed by atoms with van der Waals surface area (Å²) >= 11 is 6.09. The summed E-state index contributed by atoms with van der Waals surface area (Å²) in [5.41, 5.74) is 2.71. The highest BCUT2D eigenvalue weighted by atomic mass is 35.5. The highest BCUT2D eigenvalue weighted by Crippen LogP contribution is 2.25. The van der Waals surface area contributed by atoms with Crippen LogP contribution in [-0.4, -0.2) is 24.3 Å². The molecule has 0 aromatic heterocycles. The fraction of sp³-hybridized carbons (Fsp3) is 0.318. The Hall–Kier alpha value is -2.86. The number of carbonyl (C=O) groups is 3. The maximum absolute atomic E-state index is 12.2. The van der Waals surface area contributed by atoms with E-state index in [2.05, 4.69) is 36.7 Å². The van der Waals surface area contributed by atoms with Crippen molar-refractivity contribution in [2.45, 2.75) is 39.5 Å². The normalized spacial score (nSPS) is 10.9. The van der Waals surface area contributed by atoms with Gasteiger partial charge in [0.05, 0.1) is 10.7 Å². The molecule has 29 heavy (non-hydrogen) atoms. The van der Waals surface area contributed by atoms with Crippen molar-refractivity contribution in [3.8, 4) is 0 Å². The van der Waals surface area contributed by atoms with Gasteiger partial charge in [-0.15, -0.1) is 0 Å². The zero-order valence-corrected chi connectivity index (χ0v) is 17.8. The number of hydrogen-bond acceptors (Lipinski definition) is 3. The molecule has 0 bridgehead atoms. The smallest absolute Gasteiger partial charge is 0.251 e. The molecule has 0 unspecified atom stereocenters. The molecular weight excluding hydrogens is 390 g/mol. The van der Waals surface area contributed by atoms with E-state index < -0.39 is 0 Å². The molecule has 0 aliphatic heterocycles. The minimum absolute atomic E-state index is 0.0241. The molecule has 6 nitrogen and oxygen atoms in total. The van der Waals surface area contributed by atoms with Gasteiger partial charge >= 0.3 is 0 Å². The summed E-state index contributed by atoms with van der Waals surface area (Å²) in [6.45, 7) is 7.94. The van der Waals surface area contributed by atoms with Crippen LogP contribution in [0.25, 0.3) is 0 Å². The van der Waals surface area contributed by atoms with Crippen molar-refractivity contribution < 1.29 is 14.4 Å². The van der Waals surface area contributed by atoms with Crippen LogP contribution in [0.3, 0.4) is 0 Å². The van der Waals surface area contributed by atoms with Gasteiger partial charge in [-0.2, -0.15) is 0 Å². The number of nitrogens with one attached hydrogen (secondary N) is 3. The monoisotopic (exact) mass is 415 g/mol. The van der Waals surface area contributed by atoms with Gasteiger partial charge < -0.3 is 16.0 Å². The molecule has 0 atom stereocenters. The molecule has 0 heterocycles. The summed E-state index contributed by atoms with van der Waals surface area (Å²) in [4.78, 5) is 35.4. The van der Waals surface area contributed by atoms with Crippen LogP contribution < -0.4 is 16.0 Å². The Bertz CT molecular complexity index is 903. The number of rotatable bonds is 6. The molecule has 2 aromatic rings. The Morgan fingerprint density at radius 2 is 1.62 bits per heavy atom. The zero-order chi connectivity index (χ0) is 21.6. The lowest BCUT2D eigenvalue weighted by Gasteiger charge is -2.19. The minimum Gasteiger partial charge on any atom is -0.352 e. The van der Waals surface area contributed by atoms with E-state index in [4.69, 9.17) is 11.6 Å². The van der Waals surface area contributed by atoms with Gasteiger partial charge in [0.1, 0.15) is 0 Å². The summed E-state index contributed by atoms with van der Waals surface area (Å²) in [6.07, 6.45) is 0.122. The van der Waals surface area contributed by atoms with Crippen LogP contribution in [-0.2, 0) is 15.0 Å². The number of benzene rings is 2. The predicted molar refractivity (Wildman–Crippen MR) is 116 cm³/mol. The van der Waals surface area contributed by atoms with Gasteiger partial charge in [0.15, 0.2) is 0 Å². The van der Waals surface area contributed by atoms with Crippen molar-refractivity contribution in [2.75, 3.05) is 17.2 Å². The largest absolute Gasteiger partial charge is 0.352 e. The highest BCUT2D eigenvalue weighted by Gasteiger charge is 2.14. The molecule has 0 spiro atoms. The first-order valence-corrected chi connectivity index (χ1v) is 9.70. The third kappa shape index (κ3) is 6.91. The minimum atomic E-state index is -0.253. The van der Waals surface area contributed by atoms with E-state index in [1.54, 1.807) is 30.3 Å². The highest BCUT2D eigenvalue weighted by molar-refractivity contribution is 6.34. The van der Waals surface area contributed by atoms with Crippen LogP contribution in [0.5, 0.6) is 0 Å². The van der Waals surface area contributed by atoms with Crippen molar-refractivity contribution in [3.05, 3.63) is 58.6 Å². The summed E-state index contributed by atoms with van der Waals surface area (Å²) < 4.78 is 0. The molecule has 7 heteroatoms. The lowest BCUT2D eigenvalue weighted by molar-refractivity contribution is -0.116. The third-order valence-electron chi connectivity index (χ3n) is 4.21. The average molecular weight is 416 g/mol. The molecule has 154 valence electrons. The van der Waals surface area contributed by atoms with E-state index in [0.717, 1.165) is 5.56 Å². The Kier molecular flexibility index (Phi) is 7.40. The van der Waals surface area contributed by atoms with Gasteiger partial charge in [-0.3, -0.25) is 14.4 Å². The fourth-order valence-electron chi connectivity index (χ4n) is 2.62. The third-order valence-corrected chi connectivity index (χ3v) is 4.53. The van der Waals surface area contributed by atoms with Gasteiger partial charge in [0, 0.05) is 31.1 Å². The Balaban J connectivity index is 1.83. The van der Waals surface area contributed by atoms with Crippen LogP contribution in [0, 0.1) is 0 Å². The van der Waals surface area contributed by atoms with Gasteiger partial charge in [-0.25, -0.2) is 0 Å². The number of carbonyl (C=O) groups excluding carboxylic acids is 3. The molecule has 2 aromatic carbocycles. The second-order valence-electron chi connectivity index (χ2n) is 7.76. The standard InChI is InChI=1S/C22H26ClN3O3/c1-14(27)25-19-10-9-17(13-18(19)23)26-20(28)11-12-24-21(29)15-5-7-16(8-6-15)22(2,3)4/h5-10,13H,11-12H2,1-4H3,(H,24,29)(H,25,27)(H,26,28). The van der Waals surface area contributed by atoms with E-state index in [1.807, 2.05) is 12.1 Å². The second kappa shape index (κ2) is 9.56. The maximum atomic E-state index is 12.2. The first-order valence-electron chi connectivity index (χ1n) is 9.32. The van der Waals surface area contributed by atoms with Crippen LogP contribution in [0.4, 0.5) is 11.4 Å². The molecule has 0 aliphatic carbocycles. The number of halogens is 1. The maximum Gasteiger partial charge on any atom is 0.251 e. The molecule has 2 rings (SSSR count). The first kappa shape index (κ1) is 22.4. The van der Waals surface area contributed by atoms with Gasteiger partial charge in [0.25, 0.3) is 5.91 Å². The van der Waals surface area contributed by atoms with E-state index in [1.165, 1.54) is 6.92 Å². The van der Waals surface area contributed by atoms with Crippen LogP contribution in [0.1, 0.15) is 50.0 Å². The van der Waals surface area contributed by atoms with Gasteiger partial charge in [-0.05, 0) is 41.3 Å². The predicted octanol–water partition coefficient (Wildman–Crippen LogP) is 4.35. The number of anilines is 2.